The zero-order valence-corrected chi connectivity index (χ0v) is 25.3. The van der Waals surface area contributed by atoms with E-state index in [4.69, 9.17) is 13.3 Å². The lowest BCUT2D eigenvalue weighted by Gasteiger charge is -2.35. The molecule has 0 aliphatic rings. The smallest absolute Gasteiger partial charge is 0.321 e. The highest BCUT2D eigenvalue weighted by Gasteiger charge is 2.35. The quantitative estimate of drug-likeness (QED) is 0.0837. The minimum Gasteiger partial charge on any atom is -0.436 e. The molecule has 0 fully saturated rings. The molecular formula is C30H48O4Si2. The summed E-state index contributed by atoms with van der Waals surface area (Å²) in [6.45, 7) is 11.2. The van der Waals surface area contributed by atoms with E-state index in [1.54, 1.807) is 0 Å². The number of hydrogen-bond acceptors (Lipinski definition) is 4. The van der Waals surface area contributed by atoms with E-state index in [0.717, 1.165) is 12.8 Å². The molecular weight excluding hydrogens is 480 g/mol. The monoisotopic (exact) mass is 528 g/mol. The summed E-state index contributed by atoms with van der Waals surface area (Å²) in [5.41, 5.74) is 1.21. The molecule has 36 heavy (non-hydrogen) atoms. The first kappa shape index (κ1) is 30.5. The van der Waals surface area contributed by atoms with E-state index < -0.39 is 16.9 Å². The number of unbranched alkanes of at least 4 members (excludes halogenated alkanes) is 8. The molecule has 0 spiro atoms. The molecule has 0 saturated heterocycles. The topological polar surface area (TPSA) is 44.8 Å². The van der Waals surface area contributed by atoms with Gasteiger partial charge in [-0.25, -0.2) is 0 Å². The van der Waals surface area contributed by atoms with Crippen molar-refractivity contribution in [3.63, 3.8) is 0 Å². The third kappa shape index (κ3) is 13.5. The van der Waals surface area contributed by atoms with Gasteiger partial charge in [-0.3, -0.25) is 4.79 Å². The minimum atomic E-state index is -2.18. The van der Waals surface area contributed by atoms with Crippen LogP contribution < -0.4 is 4.74 Å². The molecule has 0 saturated carbocycles. The Morgan fingerprint density at radius 2 is 1.22 bits per heavy atom. The van der Waals surface area contributed by atoms with Gasteiger partial charge in [-0.15, -0.1) is 0 Å². The van der Waals surface area contributed by atoms with E-state index >= 15 is 0 Å². The van der Waals surface area contributed by atoms with Gasteiger partial charge in [-0.2, -0.15) is 0 Å². The van der Waals surface area contributed by atoms with Gasteiger partial charge in [0, 0.05) is 6.42 Å². The van der Waals surface area contributed by atoms with Crippen LogP contribution in [0.25, 0.3) is 0 Å². The predicted molar refractivity (Wildman–Crippen MR) is 155 cm³/mol. The number of carbonyl (C=O) groups excluding carboxylic acids is 1. The van der Waals surface area contributed by atoms with Crippen LogP contribution >= 0.6 is 0 Å². The van der Waals surface area contributed by atoms with Crippen LogP contribution in [-0.4, -0.2) is 22.8 Å². The lowest BCUT2D eigenvalue weighted by atomic mass is 10.1. The van der Waals surface area contributed by atoms with Crippen LogP contribution in [0.15, 0.2) is 60.7 Å². The number of hydrogen-bond donors (Lipinski definition) is 0. The Balaban J connectivity index is 1.47. The van der Waals surface area contributed by atoms with Gasteiger partial charge in [0.15, 0.2) is 8.32 Å². The van der Waals surface area contributed by atoms with E-state index in [1.807, 2.05) is 36.4 Å². The molecule has 6 heteroatoms. The van der Waals surface area contributed by atoms with Crippen LogP contribution in [-0.2, 0) is 13.3 Å². The summed E-state index contributed by atoms with van der Waals surface area (Å²) >= 11 is 0. The highest BCUT2D eigenvalue weighted by atomic mass is 28.4. The Bertz CT molecular complexity index is 856. The molecule has 0 radical (unpaired) electrons. The molecule has 0 N–H and O–H groups in total. The van der Waals surface area contributed by atoms with E-state index in [-0.39, 0.29) is 12.1 Å². The molecule has 0 aliphatic carbocycles. The van der Waals surface area contributed by atoms with Gasteiger partial charge in [0.25, 0.3) is 0 Å². The Kier molecular flexibility index (Phi) is 13.7. The number of esters is 1. The van der Waals surface area contributed by atoms with Crippen molar-refractivity contribution in [2.75, 3.05) is 0 Å². The second-order valence-corrected chi connectivity index (χ2v) is 18.8. The normalized spacial score (nSPS) is 12.9. The molecule has 200 valence electrons. The molecule has 0 aromatic heterocycles. The average molecular weight is 529 g/mol. The third-order valence-corrected chi connectivity index (χ3v) is 13.0. The summed E-state index contributed by atoms with van der Waals surface area (Å²) in [6, 6.07) is 20.9. The van der Waals surface area contributed by atoms with Crippen molar-refractivity contribution in [2.24, 2.45) is 0 Å². The van der Waals surface area contributed by atoms with E-state index in [9.17, 15) is 4.79 Å². The maximum Gasteiger partial charge on any atom is 0.321 e. The van der Waals surface area contributed by atoms with Crippen molar-refractivity contribution in [1.29, 1.82) is 0 Å². The van der Waals surface area contributed by atoms with E-state index in [2.05, 4.69) is 57.4 Å². The van der Waals surface area contributed by atoms with Crippen molar-refractivity contribution in [3.05, 3.63) is 66.2 Å². The molecule has 2 aromatic rings. The highest BCUT2D eigenvalue weighted by Crippen LogP contribution is 2.27. The van der Waals surface area contributed by atoms with Crippen LogP contribution in [0.2, 0.25) is 32.2 Å². The molecule has 0 heterocycles. The summed E-state index contributed by atoms with van der Waals surface area (Å²) in [7, 11) is -3.91. The predicted octanol–water partition coefficient (Wildman–Crippen LogP) is 9.19. The maximum atomic E-state index is 11.9. The SMILES string of the molecule is CC(O[Si](C)(C)O[Si](C)(C)CCCCCCCCCCCC(=O)Oc1ccccc1)c1ccccc1. The third-order valence-electron chi connectivity index (χ3n) is 6.39. The Hall–Kier alpha value is -1.74. The summed E-state index contributed by atoms with van der Waals surface area (Å²) in [5, 5.41) is 0. The van der Waals surface area contributed by atoms with Crippen LogP contribution in [0.5, 0.6) is 5.75 Å². The van der Waals surface area contributed by atoms with Gasteiger partial charge in [0.2, 0.25) is 0 Å². The molecule has 0 bridgehead atoms. The summed E-state index contributed by atoms with van der Waals surface area (Å²) in [4.78, 5) is 11.9. The van der Waals surface area contributed by atoms with Gasteiger partial charge in [0.1, 0.15) is 5.75 Å². The Labute approximate surface area is 222 Å². The summed E-state index contributed by atoms with van der Waals surface area (Å²) < 4.78 is 18.4. The van der Waals surface area contributed by atoms with Crippen LogP contribution in [0.4, 0.5) is 0 Å². The van der Waals surface area contributed by atoms with Crippen LogP contribution in [0.1, 0.15) is 82.8 Å². The number of carbonyl (C=O) groups is 1. The molecule has 0 amide bonds. The lowest BCUT2D eigenvalue weighted by molar-refractivity contribution is -0.134. The highest BCUT2D eigenvalue weighted by molar-refractivity contribution is 6.82. The van der Waals surface area contributed by atoms with E-state index in [1.165, 1.54) is 56.6 Å². The number of rotatable bonds is 18. The van der Waals surface area contributed by atoms with Crippen molar-refractivity contribution in [3.8, 4) is 5.75 Å². The Morgan fingerprint density at radius 1 is 0.722 bits per heavy atom. The van der Waals surface area contributed by atoms with Gasteiger partial charge in [-0.05, 0) is 63.3 Å². The molecule has 1 atom stereocenters. The van der Waals surface area contributed by atoms with Crippen molar-refractivity contribution in [2.45, 2.75) is 109 Å². The summed E-state index contributed by atoms with van der Waals surface area (Å²) in [5.74, 6) is 0.511. The average Bonchev–Trinajstić information content (AvgIpc) is 2.82. The summed E-state index contributed by atoms with van der Waals surface area (Å²) in [6.07, 6.45) is 11.5. The zero-order chi connectivity index (χ0) is 26.3. The van der Waals surface area contributed by atoms with Crippen molar-refractivity contribution in [1.82, 2.24) is 0 Å². The molecule has 1 unspecified atom stereocenters. The van der Waals surface area contributed by atoms with Crippen molar-refractivity contribution < 1.29 is 18.1 Å². The molecule has 0 aliphatic heterocycles. The van der Waals surface area contributed by atoms with Crippen molar-refractivity contribution >= 4 is 22.8 Å². The molecule has 2 aromatic carbocycles. The first-order valence-electron chi connectivity index (χ1n) is 13.9. The van der Waals surface area contributed by atoms with Gasteiger partial charge in [0.05, 0.1) is 6.10 Å². The Morgan fingerprint density at radius 3 is 1.81 bits per heavy atom. The lowest BCUT2D eigenvalue weighted by Crippen LogP contribution is -2.46. The van der Waals surface area contributed by atoms with Crippen LogP contribution in [0.3, 0.4) is 0 Å². The first-order chi connectivity index (χ1) is 17.2. The van der Waals surface area contributed by atoms with Gasteiger partial charge >= 0.3 is 14.5 Å². The number of ether oxygens (including phenoxy) is 1. The fourth-order valence-electron chi connectivity index (χ4n) is 4.69. The second kappa shape index (κ2) is 16.2. The molecule has 4 nitrogen and oxygen atoms in total. The number of para-hydroxylation sites is 1. The maximum absolute atomic E-state index is 11.9. The van der Waals surface area contributed by atoms with Gasteiger partial charge in [-0.1, -0.05) is 99.9 Å². The number of benzene rings is 2. The fraction of sp³-hybridized carbons (Fsp3) is 0.567. The standard InChI is InChI=1S/C30H48O4Si2/c1-27(28-21-15-13-16-22-28)33-36(4,5)34-35(2,3)26-20-12-10-8-6-7-9-11-19-25-30(31)32-29-23-17-14-18-24-29/h13-18,21-24,27H,6-12,19-20,25-26H2,1-5H3. The van der Waals surface area contributed by atoms with Gasteiger partial charge < -0.3 is 13.3 Å². The fourth-order valence-corrected chi connectivity index (χ4v) is 12.7. The van der Waals surface area contributed by atoms with Crippen LogP contribution in [0, 0.1) is 0 Å². The van der Waals surface area contributed by atoms with E-state index in [0.29, 0.717) is 12.2 Å². The second-order valence-electron chi connectivity index (χ2n) is 10.9. The molecule has 2 rings (SSSR count). The zero-order valence-electron chi connectivity index (χ0n) is 23.3. The first-order valence-corrected chi connectivity index (χ1v) is 19.8. The largest absolute Gasteiger partial charge is 0.436 e. The minimum absolute atomic E-state index is 0.0702.